The SMILES string of the molecule is CC(C)CN(C)c1cc(Cl)ccc1CCN. The van der Waals surface area contributed by atoms with E-state index in [9.17, 15) is 0 Å². The summed E-state index contributed by atoms with van der Waals surface area (Å²) in [6.07, 6.45) is 0.898. The largest absolute Gasteiger partial charge is 0.374 e. The predicted octanol–water partition coefficient (Wildman–Crippen LogP) is 2.93. The average Bonchev–Trinajstić information content (AvgIpc) is 2.20. The van der Waals surface area contributed by atoms with Crippen LogP contribution in [0.5, 0.6) is 0 Å². The molecule has 2 N–H and O–H groups in total. The maximum Gasteiger partial charge on any atom is 0.0426 e. The molecule has 0 fully saturated rings. The van der Waals surface area contributed by atoms with Gasteiger partial charge >= 0.3 is 0 Å². The van der Waals surface area contributed by atoms with E-state index in [1.807, 2.05) is 12.1 Å². The highest BCUT2D eigenvalue weighted by Crippen LogP contribution is 2.25. The molecule has 0 amide bonds. The third kappa shape index (κ3) is 3.69. The Bertz CT molecular complexity index is 337. The molecule has 16 heavy (non-hydrogen) atoms. The van der Waals surface area contributed by atoms with Gasteiger partial charge in [-0.1, -0.05) is 31.5 Å². The molecule has 1 rings (SSSR count). The van der Waals surface area contributed by atoms with Gasteiger partial charge < -0.3 is 10.6 Å². The lowest BCUT2D eigenvalue weighted by Gasteiger charge is -2.24. The van der Waals surface area contributed by atoms with Crippen LogP contribution in [0.25, 0.3) is 0 Å². The Morgan fingerprint density at radius 1 is 1.38 bits per heavy atom. The van der Waals surface area contributed by atoms with Crippen LogP contribution in [-0.4, -0.2) is 20.1 Å². The van der Waals surface area contributed by atoms with E-state index < -0.39 is 0 Å². The zero-order chi connectivity index (χ0) is 12.1. The van der Waals surface area contributed by atoms with Crippen LogP contribution in [0.4, 0.5) is 5.69 Å². The first-order chi connectivity index (χ1) is 7.54. The number of rotatable bonds is 5. The molecule has 0 spiro atoms. The minimum atomic E-state index is 0.634. The first-order valence-corrected chi connectivity index (χ1v) is 6.12. The Hall–Kier alpha value is -0.730. The molecule has 0 aliphatic rings. The molecule has 0 aromatic heterocycles. The van der Waals surface area contributed by atoms with Crippen LogP contribution >= 0.6 is 11.6 Å². The number of hydrogen-bond acceptors (Lipinski definition) is 2. The minimum Gasteiger partial charge on any atom is -0.374 e. The van der Waals surface area contributed by atoms with Gasteiger partial charge in [0.05, 0.1) is 0 Å². The molecule has 3 heteroatoms. The van der Waals surface area contributed by atoms with Crippen molar-refractivity contribution in [2.45, 2.75) is 20.3 Å². The van der Waals surface area contributed by atoms with Crippen LogP contribution in [0.1, 0.15) is 19.4 Å². The molecular formula is C13H21ClN2. The summed E-state index contributed by atoms with van der Waals surface area (Å²) in [7, 11) is 2.10. The summed E-state index contributed by atoms with van der Waals surface area (Å²) in [6.45, 7) is 6.12. The molecule has 0 radical (unpaired) electrons. The normalized spacial score (nSPS) is 10.9. The number of anilines is 1. The highest BCUT2D eigenvalue weighted by atomic mass is 35.5. The summed E-state index contributed by atoms with van der Waals surface area (Å²) < 4.78 is 0. The fourth-order valence-corrected chi connectivity index (χ4v) is 2.07. The topological polar surface area (TPSA) is 29.3 Å². The zero-order valence-corrected chi connectivity index (χ0v) is 11.1. The second-order valence-corrected chi connectivity index (χ2v) is 5.02. The van der Waals surface area contributed by atoms with Crippen LogP contribution in [0.15, 0.2) is 18.2 Å². The van der Waals surface area contributed by atoms with E-state index in [2.05, 4.69) is 31.9 Å². The smallest absolute Gasteiger partial charge is 0.0426 e. The van der Waals surface area contributed by atoms with E-state index in [0.29, 0.717) is 12.5 Å². The summed E-state index contributed by atoms with van der Waals surface area (Å²) >= 11 is 6.04. The minimum absolute atomic E-state index is 0.634. The molecule has 0 saturated carbocycles. The molecule has 0 saturated heterocycles. The van der Waals surface area contributed by atoms with Gasteiger partial charge in [-0.15, -0.1) is 0 Å². The fourth-order valence-electron chi connectivity index (χ4n) is 1.91. The van der Waals surface area contributed by atoms with Crippen molar-refractivity contribution < 1.29 is 0 Å². The standard InChI is InChI=1S/C13H21ClN2/c1-10(2)9-16(3)13-8-12(14)5-4-11(13)6-7-15/h4-5,8,10H,6-7,9,15H2,1-3H3. The average molecular weight is 241 g/mol. The van der Waals surface area contributed by atoms with Gasteiger partial charge in [-0.3, -0.25) is 0 Å². The predicted molar refractivity (Wildman–Crippen MR) is 72.3 cm³/mol. The molecule has 0 aliphatic carbocycles. The molecule has 2 nitrogen and oxygen atoms in total. The molecular weight excluding hydrogens is 220 g/mol. The van der Waals surface area contributed by atoms with Crippen LogP contribution in [0.2, 0.25) is 5.02 Å². The van der Waals surface area contributed by atoms with Crippen molar-refractivity contribution >= 4 is 17.3 Å². The lowest BCUT2D eigenvalue weighted by molar-refractivity contribution is 0.637. The van der Waals surface area contributed by atoms with E-state index >= 15 is 0 Å². The molecule has 1 aromatic carbocycles. The number of hydrogen-bond donors (Lipinski definition) is 1. The van der Waals surface area contributed by atoms with Crippen molar-refractivity contribution in [2.24, 2.45) is 11.7 Å². The monoisotopic (exact) mass is 240 g/mol. The number of nitrogens with two attached hydrogens (primary N) is 1. The Morgan fingerprint density at radius 3 is 2.62 bits per heavy atom. The van der Waals surface area contributed by atoms with Crippen molar-refractivity contribution in [3.8, 4) is 0 Å². The van der Waals surface area contributed by atoms with Crippen molar-refractivity contribution in [2.75, 3.05) is 25.0 Å². The molecule has 0 aliphatic heterocycles. The number of halogens is 1. The van der Waals surface area contributed by atoms with E-state index in [1.54, 1.807) is 0 Å². The van der Waals surface area contributed by atoms with E-state index in [1.165, 1.54) is 11.3 Å². The van der Waals surface area contributed by atoms with Crippen molar-refractivity contribution in [1.29, 1.82) is 0 Å². The van der Waals surface area contributed by atoms with Gasteiger partial charge in [0, 0.05) is 24.3 Å². The summed E-state index contributed by atoms with van der Waals surface area (Å²) in [5.74, 6) is 0.634. The summed E-state index contributed by atoms with van der Waals surface area (Å²) in [6, 6.07) is 6.02. The molecule has 90 valence electrons. The van der Waals surface area contributed by atoms with Crippen molar-refractivity contribution in [3.05, 3.63) is 28.8 Å². The van der Waals surface area contributed by atoms with Crippen LogP contribution in [-0.2, 0) is 6.42 Å². The van der Waals surface area contributed by atoms with Crippen molar-refractivity contribution in [1.82, 2.24) is 0 Å². The quantitative estimate of drug-likeness (QED) is 0.858. The molecule has 0 unspecified atom stereocenters. The van der Waals surface area contributed by atoms with Gasteiger partial charge in [0.15, 0.2) is 0 Å². The van der Waals surface area contributed by atoms with Crippen LogP contribution in [0, 0.1) is 5.92 Å². The Kier molecular flexibility index (Phi) is 5.10. The number of nitrogens with zero attached hydrogens (tertiary/aromatic N) is 1. The van der Waals surface area contributed by atoms with Gasteiger partial charge in [-0.25, -0.2) is 0 Å². The Balaban J connectivity index is 2.94. The third-order valence-electron chi connectivity index (χ3n) is 2.51. The van der Waals surface area contributed by atoms with Gasteiger partial charge in [-0.2, -0.15) is 0 Å². The first-order valence-electron chi connectivity index (χ1n) is 5.74. The Labute approximate surface area is 103 Å². The third-order valence-corrected chi connectivity index (χ3v) is 2.75. The second kappa shape index (κ2) is 6.12. The van der Waals surface area contributed by atoms with Gasteiger partial charge in [0.1, 0.15) is 0 Å². The second-order valence-electron chi connectivity index (χ2n) is 4.59. The van der Waals surface area contributed by atoms with Gasteiger partial charge in [0.2, 0.25) is 0 Å². The van der Waals surface area contributed by atoms with Crippen molar-refractivity contribution in [3.63, 3.8) is 0 Å². The Morgan fingerprint density at radius 2 is 2.06 bits per heavy atom. The summed E-state index contributed by atoms with van der Waals surface area (Å²) in [5.41, 5.74) is 8.09. The van der Waals surface area contributed by atoms with Gasteiger partial charge in [0.25, 0.3) is 0 Å². The lowest BCUT2D eigenvalue weighted by atomic mass is 10.1. The number of benzene rings is 1. The highest BCUT2D eigenvalue weighted by molar-refractivity contribution is 6.30. The maximum absolute atomic E-state index is 6.04. The zero-order valence-electron chi connectivity index (χ0n) is 10.3. The maximum atomic E-state index is 6.04. The molecule has 0 atom stereocenters. The van der Waals surface area contributed by atoms with E-state index in [0.717, 1.165) is 18.0 Å². The molecule has 1 aromatic rings. The highest BCUT2D eigenvalue weighted by Gasteiger charge is 2.09. The summed E-state index contributed by atoms with van der Waals surface area (Å²) in [4.78, 5) is 2.25. The summed E-state index contributed by atoms with van der Waals surface area (Å²) in [5, 5.41) is 0.784. The van der Waals surface area contributed by atoms with E-state index in [4.69, 9.17) is 17.3 Å². The molecule has 0 bridgehead atoms. The fraction of sp³-hybridized carbons (Fsp3) is 0.538. The molecule has 0 heterocycles. The van der Waals surface area contributed by atoms with E-state index in [-0.39, 0.29) is 0 Å². The first kappa shape index (κ1) is 13.3. The van der Waals surface area contributed by atoms with Crippen LogP contribution < -0.4 is 10.6 Å². The van der Waals surface area contributed by atoms with Crippen LogP contribution in [0.3, 0.4) is 0 Å². The van der Waals surface area contributed by atoms with Gasteiger partial charge in [-0.05, 0) is 36.6 Å². The lowest BCUT2D eigenvalue weighted by Crippen LogP contribution is -2.24.